The van der Waals surface area contributed by atoms with E-state index >= 15 is 0 Å². The van der Waals surface area contributed by atoms with Gasteiger partial charge >= 0.3 is 5.97 Å². The molecule has 0 radical (unpaired) electrons. The molecule has 3 rings (SSSR count). The predicted molar refractivity (Wildman–Crippen MR) is 84.0 cm³/mol. The van der Waals surface area contributed by atoms with Gasteiger partial charge in [0.15, 0.2) is 0 Å². The van der Waals surface area contributed by atoms with Gasteiger partial charge in [0, 0.05) is 6.54 Å². The van der Waals surface area contributed by atoms with Gasteiger partial charge in [-0.25, -0.2) is 4.39 Å². The number of hydrogen-bond acceptors (Lipinski definition) is 3. The molecule has 120 valence electrons. The van der Waals surface area contributed by atoms with Crippen molar-refractivity contribution in [1.82, 2.24) is 5.06 Å². The van der Waals surface area contributed by atoms with Crippen molar-refractivity contribution >= 4 is 5.97 Å². The fourth-order valence-electron chi connectivity index (χ4n) is 2.73. The maximum atomic E-state index is 12.9. The molecule has 1 fully saturated rings. The summed E-state index contributed by atoms with van der Waals surface area (Å²) in [6.45, 7) is 0.984. The van der Waals surface area contributed by atoms with Gasteiger partial charge in [-0.05, 0) is 41.7 Å². The molecule has 23 heavy (non-hydrogen) atoms. The van der Waals surface area contributed by atoms with E-state index in [0.29, 0.717) is 19.6 Å². The molecule has 2 aromatic rings. The first kappa shape index (κ1) is 15.6. The molecule has 5 heteroatoms. The Morgan fingerprint density at radius 3 is 2.35 bits per heavy atom. The van der Waals surface area contributed by atoms with Gasteiger partial charge in [0.2, 0.25) is 0 Å². The molecule has 0 saturated carbocycles. The van der Waals surface area contributed by atoms with E-state index in [1.54, 1.807) is 17.2 Å². The zero-order valence-corrected chi connectivity index (χ0v) is 12.6. The van der Waals surface area contributed by atoms with E-state index in [0.717, 1.165) is 23.1 Å². The molecular formula is C18H18FNO3. The smallest absolute Gasteiger partial charge is 0.323 e. The summed E-state index contributed by atoms with van der Waals surface area (Å²) in [6, 6.07) is 13.6. The third-order valence-electron chi connectivity index (χ3n) is 4.02. The molecule has 1 heterocycles. The molecule has 2 aromatic carbocycles. The minimum atomic E-state index is -0.839. The highest BCUT2D eigenvalue weighted by molar-refractivity contribution is 5.73. The zero-order chi connectivity index (χ0) is 16.2. The van der Waals surface area contributed by atoms with Crippen molar-refractivity contribution in [3.63, 3.8) is 0 Å². The number of carboxylic acids is 1. The third-order valence-corrected chi connectivity index (χ3v) is 4.02. The Balaban J connectivity index is 1.61. The third kappa shape index (κ3) is 3.75. The molecule has 1 unspecified atom stereocenters. The highest BCUT2D eigenvalue weighted by atomic mass is 19.1. The van der Waals surface area contributed by atoms with E-state index in [9.17, 15) is 9.18 Å². The largest absolute Gasteiger partial charge is 0.480 e. The van der Waals surface area contributed by atoms with Gasteiger partial charge in [-0.3, -0.25) is 9.63 Å². The summed E-state index contributed by atoms with van der Waals surface area (Å²) in [5, 5.41) is 10.7. The van der Waals surface area contributed by atoms with Gasteiger partial charge in [0.05, 0.1) is 6.61 Å². The quantitative estimate of drug-likeness (QED) is 0.918. The Hall–Kier alpha value is -2.24. The number of nitrogens with zero attached hydrogens (tertiary/aromatic N) is 1. The molecule has 0 bridgehead atoms. The average Bonchev–Trinajstić information content (AvgIpc) is 3.03. The van der Waals surface area contributed by atoms with E-state index in [1.807, 2.05) is 24.3 Å². The van der Waals surface area contributed by atoms with Crippen LogP contribution >= 0.6 is 0 Å². The molecule has 0 amide bonds. The van der Waals surface area contributed by atoms with Crippen LogP contribution in [0.2, 0.25) is 0 Å². The lowest BCUT2D eigenvalue weighted by Crippen LogP contribution is -2.35. The standard InChI is InChI=1S/C18H18FNO3/c19-16-9-7-15(8-10-16)14-5-3-13(4-6-14)12-23-20-11-1-2-17(20)18(21)22/h3-10,17H,1-2,11-12H2,(H,21,22). The number of carboxylic acid groups (broad SMARTS) is 1. The van der Waals surface area contributed by atoms with Crippen molar-refractivity contribution in [2.45, 2.75) is 25.5 Å². The first-order chi connectivity index (χ1) is 11.1. The Kier molecular flexibility index (Phi) is 4.69. The number of aliphatic carboxylic acids is 1. The van der Waals surface area contributed by atoms with Crippen molar-refractivity contribution in [2.75, 3.05) is 6.54 Å². The van der Waals surface area contributed by atoms with E-state index in [1.165, 1.54) is 12.1 Å². The van der Waals surface area contributed by atoms with Crippen molar-refractivity contribution < 1.29 is 19.1 Å². The molecule has 0 aromatic heterocycles. The monoisotopic (exact) mass is 315 g/mol. The van der Waals surface area contributed by atoms with Gasteiger partial charge in [0.25, 0.3) is 0 Å². The van der Waals surface area contributed by atoms with Crippen LogP contribution in [0, 0.1) is 5.82 Å². The Bertz CT molecular complexity index is 670. The number of carbonyl (C=O) groups is 1. The summed E-state index contributed by atoms with van der Waals surface area (Å²) in [6.07, 6.45) is 1.46. The lowest BCUT2D eigenvalue weighted by atomic mass is 10.0. The molecule has 1 aliphatic rings. The summed E-state index contributed by atoms with van der Waals surface area (Å²) in [5.74, 6) is -1.09. The van der Waals surface area contributed by atoms with E-state index in [-0.39, 0.29) is 5.82 Å². The van der Waals surface area contributed by atoms with Crippen molar-refractivity contribution in [1.29, 1.82) is 0 Å². The summed E-state index contributed by atoms with van der Waals surface area (Å²) in [5.41, 5.74) is 2.91. The van der Waals surface area contributed by atoms with Crippen LogP contribution in [-0.4, -0.2) is 28.7 Å². The topological polar surface area (TPSA) is 49.8 Å². The molecule has 1 N–H and O–H groups in total. The molecule has 1 atom stereocenters. The van der Waals surface area contributed by atoms with E-state index < -0.39 is 12.0 Å². The Morgan fingerprint density at radius 1 is 1.13 bits per heavy atom. The Labute approximate surface area is 134 Å². The minimum absolute atomic E-state index is 0.252. The second kappa shape index (κ2) is 6.89. The molecule has 1 saturated heterocycles. The number of hydrogen-bond donors (Lipinski definition) is 1. The summed E-state index contributed by atoms with van der Waals surface area (Å²) >= 11 is 0. The van der Waals surface area contributed by atoms with Crippen LogP contribution in [0.1, 0.15) is 18.4 Å². The van der Waals surface area contributed by atoms with Gasteiger partial charge in [0.1, 0.15) is 11.9 Å². The molecular weight excluding hydrogens is 297 g/mol. The average molecular weight is 315 g/mol. The second-order valence-electron chi connectivity index (χ2n) is 5.61. The fraction of sp³-hybridized carbons (Fsp3) is 0.278. The highest BCUT2D eigenvalue weighted by Crippen LogP contribution is 2.22. The van der Waals surface area contributed by atoms with Gasteiger partial charge in [-0.2, -0.15) is 5.06 Å². The van der Waals surface area contributed by atoms with Gasteiger partial charge in [-0.15, -0.1) is 0 Å². The van der Waals surface area contributed by atoms with Gasteiger partial charge < -0.3 is 5.11 Å². The van der Waals surface area contributed by atoms with Crippen LogP contribution in [-0.2, 0) is 16.2 Å². The van der Waals surface area contributed by atoms with Crippen LogP contribution in [0.4, 0.5) is 4.39 Å². The van der Waals surface area contributed by atoms with Crippen LogP contribution in [0.3, 0.4) is 0 Å². The lowest BCUT2D eigenvalue weighted by Gasteiger charge is -2.20. The second-order valence-corrected chi connectivity index (χ2v) is 5.61. The molecule has 4 nitrogen and oxygen atoms in total. The zero-order valence-electron chi connectivity index (χ0n) is 12.6. The maximum Gasteiger partial charge on any atom is 0.323 e. The van der Waals surface area contributed by atoms with Crippen molar-refractivity contribution in [2.24, 2.45) is 0 Å². The number of rotatable bonds is 5. The first-order valence-electron chi connectivity index (χ1n) is 7.61. The fourth-order valence-corrected chi connectivity index (χ4v) is 2.73. The molecule has 1 aliphatic heterocycles. The molecule has 0 spiro atoms. The summed E-state index contributed by atoms with van der Waals surface area (Å²) < 4.78 is 12.9. The van der Waals surface area contributed by atoms with Crippen LogP contribution < -0.4 is 0 Å². The lowest BCUT2D eigenvalue weighted by molar-refractivity contribution is -0.192. The minimum Gasteiger partial charge on any atom is -0.480 e. The Morgan fingerprint density at radius 2 is 1.74 bits per heavy atom. The number of benzene rings is 2. The van der Waals surface area contributed by atoms with Crippen molar-refractivity contribution in [3.05, 3.63) is 59.9 Å². The van der Waals surface area contributed by atoms with Crippen LogP contribution in [0.5, 0.6) is 0 Å². The normalized spacial score (nSPS) is 18.2. The van der Waals surface area contributed by atoms with Gasteiger partial charge in [-0.1, -0.05) is 36.4 Å². The highest BCUT2D eigenvalue weighted by Gasteiger charge is 2.31. The van der Waals surface area contributed by atoms with Crippen LogP contribution in [0.15, 0.2) is 48.5 Å². The van der Waals surface area contributed by atoms with Crippen molar-refractivity contribution in [3.8, 4) is 11.1 Å². The van der Waals surface area contributed by atoms with E-state index in [4.69, 9.17) is 9.94 Å². The van der Waals surface area contributed by atoms with Crippen LogP contribution in [0.25, 0.3) is 11.1 Å². The molecule has 0 aliphatic carbocycles. The maximum absolute atomic E-state index is 12.9. The number of halogens is 1. The summed E-state index contributed by atoms with van der Waals surface area (Å²) in [7, 11) is 0. The predicted octanol–water partition coefficient (Wildman–Crippen LogP) is 3.47. The number of hydroxylamine groups is 2. The summed E-state index contributed by atoms with van der Waals surface area (Å²) in [4.78, 5) is 16.7. The SMILES string of the molecule is O=C(O)C1CCCN1OCc1ccc(-c2ccc(F)cc2)cc1. The van der Waals surface area contributed by atoms with E-state index in [2.05, 4.69) is 0 Å². The first-order valence-corrected chi connectivity index (χ1v) is 7.61.